The number of allylic oxidation sites excluding steroid dienone is 27. The number of rotatable bonds is 59. The number of carbonyl (C=O) groups is 1. The summed E-state index contributed by atoms with van der Waals surface area (Å²) in [5, 5.41) is 13.9. The molecule has 84 heavy (non-hydrogen) atoms. The predicted molar refractivity (Wildman–Crippen MR) is 368 cm³/mol. The van der Waals surface area contributed by atoms with E-state index in [2.05, 4.69) is 177 Å². The number of hydrogen-bond donors (Lipinski definition) is 3. The second-order valence-corrected chi connectivity index (χ2v) is 24.6. The van der Waals surface area contributed by atoms with E-state index in [1.807, 2.05) is 27.2 Å². The van der Waals surface area contributed by atoms with Crippen LogP contribution in [0.1, 0.15) is 245 Å². The molecule has 0 radical (unpaired) electrons. The van der Waals surface area contributed by atoms with Gasteiger partial charge in [0.2, 0.25) is 5.91 Å². The van der Waals surface area contributed by atoms with Crippen LogP contribution in [0, 0.1) is 0 Å². The highest BCUT2D eigenvalue weighted by atomic mass is 31.2. The molecule has 476 valence electrons. The van der Waals surface area contributed by atoms with Crippen molar-refractivity contribution in [2.24, 2.45) is 0 Å². The Labute approximate surface area is 517 Å². The van der Waals surface area contributed by atoms with Crippen molar-refractivity contribution in [2.45, 2.75) is 257 Å². The summed E-state index contributed by atoms with van der Waals surface area (Å²) in [6.45, 7) is 4.64. The Bertz CT molecular complexity index is 1970. The number of aliphatic hydroxyl groups is 1. The molecular weight excluding hydrogens is 1060 g/mol. The standard InChI is InChI=1S/C75H125N2O6P/c1-6-8-10-12-14-16-18-20-22-24-26-28-30-31-32-33-34-35-36-37-38-39-40-41-42-43-44-45-47-49-51-53-55-57-59-61-63-65-67-69-75(79)76-73(72-83-84(80,81)82-71-70-77(3,4)5)74(78)68-66-64-62-60-58-56-54-52-50-48-46-29-27-25-23-21-19-17-15-13-11-9-7-2/h8,10,14,16,20,22,26,28,31-32,34-35,37-38,40-41,43-44,47,49,53,55,58-61,66,68,73-74,78H,6-7,9,11-13,15,17-19,21,23-25,27,29-30,33,36,39,42,45-46,48,50-52,54,56-57,62-65,67,69-72H2,1-5H3,(H-,76,79,80,81)/p+1/b10-8-,16-14-,22-20-,28-26-,32-31-,35-34-,38-37-,41-40-,44-43-,49-47-,55-53-,60-58+,61-59-,68-66+. The number of nitrogens with one attached hydrogen (secondary N) is 1. The molecule has 0 saturated carbocycles. The van der Waals surface area contributed by atoms with Crippen molar-refractivity contribution in [2.75, 3.05) is 40.9 Å². The van der Waals surface area contributed by atoms with Gasteiger partial charge in [-0.2, -0.15) is 0 Å². The van der Waals surface area contributed by atoms with Gasteiger partial charge in [0.25, 0.3) is 0 Å². The largest absolute Gasteiger partial charge is 0.472 e. The lowest BCUT2D eigenvalue weighted by Gasteiger charge is -2.25. The van der Waals surface area contributed by atoms with Crippen LogP contribution in [0.15, 0.2) is 170 Å². The molecule has 0 aromatic carbocycles. The first-order valence-electron chi connectivity index (χ1n) is 33.5. The lowest BCUT2D eigenvalue weighted by molar-refractivity contribution is -0.870. The molecule has 1 amide bonds. The Morgan fingerprint density at radius 2 is 0.726 bits per heavy atom. The normalized spacial score (nSPS) is 14.8. The smallest absolute Gasteiger partial charge is 0.387 e. The van der Waals surface area contributed by atoms with Crippen molar-refractivity contribution in [3.63, 3.8) is 0 Å². The van der Waals surface area contributed by atoms with Crippen molar-refractivity contribution in [1.29, 1.82) is 0 Å². The zero-order chi connectivity index (χ0) is 61.2. The molecule has 0 aliphatic heterocycles. The van der Waals surface area contributed by atoms with E-state index in [1.165, 1.54) is 109 Å². The molecule has 0 aliphatic carbocycles. The van der Waals surface area contributed by atoms with E-state index in [1.54, 1.807) is 6.08 Å². The van der Waals surface area contributed by atoms with Gasteiger partial charge in [-0.15, -0.1) is 0 Å². The molecule has 0 rings (SSSR count). The predicted octanol–water partition coefficient (Wildman–Crippen LogP) is 21.5. The van der Waals surface area contributed by atoms with Gasteiger partial charge in [0.1, 0.15) is 13.2 Å². The maximum Gasteiger partial charge on any atom is 0.472 e. The Balaban J connectivity index is 4.30. The third-order valence-corrected chi connectivity index (χ3v) is 14.9. The highest BCUT2D eigenvalue weighted by molar-refractivity contribution is 7.47. The minimum Gasteiger partial charge on any atom is -0.387 e. The van der Waals surface area contributed by atoms with E-state index in [9.17, 15) is 19.4 Å². The number of amides is 1. The fraction of sp³-hybridized carbons (Fsp3) is 0.613. The first-order valence-corrected chi connectivity index (χ1v) is 35.0. The van der Waals surface area contributed by atoms with Crippen LogP contribution in [0.3, 0.4) is 0 Å². The molecule has 3 atom stereocenters. The van der Waals surface area contributed by atoms with Crippen molar-refractivity contribution in [3.8, 4) is 0 Å². The molecule has 0 saturated heterocycles. The third kappa shape index (κ3) is 65.4. The van der Waals surface area contributed by atoms with Gasteiger partial charge in [0, 0.05) is 6.42 Å². The van der Waals surface area contributed by atoms with Crippen LogP contribution in [-0.4, -0.2) is 73.4 Å². The third-order valence-electron chi connectivity index (χ3n) is 13.9. The number of phosphoric acid groups is 1. The van der Waals surface area contributed by atoms with E-state index >= 15 is 0 Å². The number of nitrogens with zero attached hydrogens (tertiary/aromatic N) is 1. The van der Waals surface area contributed by atoms with Crippen LogP contribution in [0.5, 0.6) is 0 Å². The molecule has 8 nitrogen and oxygen atoms in total. The quantitative estimate of drug-likeness (QED) is 0.0243. The van der Waals surface area contributed by atoms with Crippen molar-refractivity contribution in [1.82, 2.24) is 5.32 Å². The summed E-state index contributed by atoms with van der Waals surface area (Å²) in [5.41, 5.74) is 0. The Kier molecular flexibility index (Phi) is 60.2. The zero-order valence-corrected chi connectivity index (χ0v) is 55.2. The van der Waals surface area contributed by atoms with Gasteiger partial charge in [0.05, 0.1) is 39.9 Å². The lowest BCUT2D eigenvalue weighted by Crippen LogP contribution is -2.45. The summed E-state index contributed by atoms with van der Waals surface area (Å²) in [4.78, 5) is 23.4. The SMILES string of the molecule is CC/C=C\C/C=C\C/C=C\C/C=C\C/C=C\C/C=C\C/C=C\C/C=C\C/C=C\C/C=C\C/C=C\C/C=C\CCCCC(=O)NC(COP(=O)(O)OCC[N+](C)(C)C)C(O)/C=C/CC/C=C/CCCCCCCCCCCCCCCCCCC. The maximum absolute atomic E-state index is 13.0. The number of carbonyl (C=O) groups excluding carboxylic acids is 1. The monoisotopic (exact) mass is 1180 g/mol. The molecule has 9 heteroatoms. The van der Waals surface area contributed by atoms with Crippen LogP contribution in [0.4, 0.5) is 0 Å². The van der Waals surface area contributed by atoms with Crippen LogP contribution < -0.4 is 5.32 Å². The van der Waals surface area contributed by atoms with E-state index in [4.69, 9.17) is 9.05 Å². The molecular formula is C75H126N2O6P+. The molecule has 0 spiro atoms. The summed E-state index contributed by atoms with van der Waals surface area (Å²) in [6, 6.07) is -0.901. The van der Waals surface area contributed by atoms with E-state index in [0.29, 0.717) is 17.4 Å². The van der Waals surface area contributed by atoms with Crippen molar-refractivity contribution in [3.05, 3.63) is 170 Å². The summed E-state index contributed by atoms with van der Waals surface area (Å²) >= 11 is 0. The molecule has 3 N–H and O–H groups in total. The summed E-state index contributed by atoms with van der Waals surface area (Å²) in [6.07, 6.45) is 101. The van der Waals surface area contributed by atoms with E-state index in [0.717, 1.165) is 109 Å². The van der Waals surface area contributed by atoms with E-state index < -0.39 is 20.0 Å². The first kappa shape index (κ1) is 79.9. The van der Waals surface area contributed by atoms with Crippen LogP contribution in [-0.2, 0) is 18.4 Å². The van der Waals surface area contributed by atoms with Gasteiger partial charge in [-0.25, -0.2) is 4.57 Å². The maximum atomic E-state index is 13.0. The van der Waals surface area contributed by atoms with Crippen LogP contribution >= 0.6 is 7.82 Å². The fourth-order valence-electron chi connectivity index (χ4n) is 8.74. The van der Waals surface area contributed by atoms with Gasteiger partial charge < -0.3 is 19.8 Å². The summed E-state index contributed by atoms with van der Waals surface area (Å²) in [7, 11) is 1.50. The van der Waals surface area contributed by atoms with Crippen LogP contribution in [0.25, 0.3) is 0 Å². The zero-order valence-electron chi connectivity index (χ0n) is 54.3. The Morgan fingerprint density at radius 1 is 0.417 bits per heavy atom. The van der Waals surface area contributed by atoms with Crippen molar-refractivity contribution >= 4 is 13.7 Å². The molecule has 0 aromatic rings. The molecule has 0 heterocycles. The molecule has 0 aliphatic rings. The van der Waals surface area contributed by atoms with Crippen LogP contribution in [0.2, 0.25) is 0 Å². The van der Waals surface area contributed by atoms with Gasteiger partial charge in [0.15, 0.2) is 0 Å². The number of aliphatic hydroxyl groups excluding tert-OH is 1. The van der Waals surface area contributed by atoms with Gasteiger partial charge >= 0.3 is 7.82 Å². The summed E-state index contributed by atoms with van der Waals surface area (Å²) < 4.78 is 23.7. The lowest BCUT2D eigenvalue weighted by atomic mass is 10.0. The minimum atomic E-state index is -4.39. The minimum absolute atomic E-state index is 0.0384. The number of unbranched alkanes of at least 4 members (excludes halogenated alkanes) is 20. The first-order chi connectivity index (χ1) is 41.0. The van der Waals surface area contributed by atoms with E-state index in [-0.39, 0.29) is 25.5 Å². The number of phosphoric ester groups is 1. The fourth-order valence-corrected chi connectivity index (χ4v) is 9.48. The van der Waals surface area contributed by atoms with Gasteiger partial charge in [-0.1, -0.05) is 287 Å². The molecule has 0 fully saturated rings. The average Bonchev–Trinajstić information content (AvgIpc) is 3.56. The highest BCUT2D eigenvalue weighted by Gasteiger charge is 2.27. The second-order valence-electron chi connectivity index (χ2n) is 23.1. The number of quaternary nitrogens is 1. The molecule has 0 aromatic heterocycles. The van der Waals surface area contributed by atoms with Gasteiger partial charge in [-0.3, -0.25) is 13.8 Å². The van der Waals surface area contributed by atoms with Crippen molar-refractivity contribution < 1.29 is 32.9 Å². The van der Waals surface area contributed by atoms with Gasteiger partial charge in [-0.05, 0) is 122 Å². The Morgan fingerprint density at radius 3 is 1.10 bits per heavy atom. The Hall–Kier alpha value is -4.14. The average molecular weight is 1180 g/mol. The molecule has 0 bridgehead atoms. The highest BCUT2D eigenvalue weighted by Crippen LogP contribution is 2.43. The second kappa shape index (κ2) is 63.4. The molecule has 3 unspecified atom stereocenters. The topological polar surface area (TPSA) is 105 Å². The summed E-state index contributed by atoms with van der Waals surface area (Å²) in [5.74, 6) is -0.235. The number of likely N-dealkylation sites (N-methyl/N-ethyl adjacent to an activating group) is 1. The number of hydrogen-bond acceptors (Lipinski definition) is 5.